The lowest BCUT2D eigenvalue weighted by molar-refractivity contribution is -0.124. The van der Waals surface area contributed by atoms with Crippen LogP contribution in [0.5, 0.6) is 0 Å². The summed E-state index contributed by atoms with van der Waals surface area (Å²) in [6, 6.07) is 1.70. The van der Waals surface area contributed by atoms with Crippen molar-refractivity contribution in [3.8, 4) is 0 Å². The van der Waals surface area contributed by atoms with Crippen LogP contribution in [-0.4, -0.2) is 33.8 Å². The number of rotatable bonds is 7. The van der Waals surface area contributed by atoms with E-state index in [1.807, 2.05) is 37.7 Å². The third kappa shape index (κ3) is 4.87. The summed E-state index contributed by atoms with van der Waals surface area (Å²) in [5, 5.41) is 10.3. The van der Waals surface area contributed by atoms with E-state index in [0.717, 1.165) is 19.5 Å². The lowest BCUT2D eigenvalue weighted by Gasteiger charge is -2.26. The number of aromatic nitrogens is 2. The van der Waals surface area contributed by atoms with E-state index >= 15 is 0 Å². The lowest BCUT2D eigenvalue weighted by atomic mass is 10.0. The molecule has 0 spiro atoms. The molecule has 0 radical (unpaired) electrons. The number of hydrogen-bond donors (Lipinski definition) is 2. The van der Waals surface area contributed by atoms with Crippen LogP contribution in [0.3, 0.4) is 0 Å². The first kappa shape index (κ1) is 14.7. The van der Waals surface area contributed by atoms with E-state index in [9.17, 15) is 4.79 Å². The zero-order valence-corrected chi connectivity index (χ0v) is 11.7. The predicted octanol–water partition coefficient (Wildman–Crippen LogP) is 1.17. The van der Waals surface area contributed by atoms with Crippen LogP contribution in [0.4, 0.5) is 0 Å². The summed E-state index contributed by atoms with van der Waals surface area (Å²) in [4.78, 5) is 11.9. The molecule has 1 atom stereocenters. The summed E-state index contributed by atoms with van der Waals surface area (Å²) < 4.78 is 1.84. The molecular weight excluding hydrogens is 228 g/mol. The van der Waals surface area contributed by atoms with Crippen molar-refractivity contribution in [2.75, 3.05) is 6.54 Å². The molecule has 0 aliphatic rings. The van der Waals surface area contributed by atoms with Gasteiger partial charge in [-0.15, -0.1) is 0 Å². The summed E-state index contributed by atoms with van der Waals surface area (Å²) in [7, 11) is 0. The summed E-state index contributed by atoms with van der Waals surface area (Å²) >= 11 is 0. The zero-order chi connectivity index (χ0) is 13.6. The first-order valence-corrected chi connectivity index (χ1v) is 6.47. The molecule has 1 amide bonds. The molecule has 0 aliphatic heterocycles. The van der Waals surface area contributed by atoms with Crippen LogP contribution >= 0.6 is 0 Å². The molecule has 0 saturated heterocycles. The van der Waals surface area contributed by atoms with Crippen LogP contribution in [0.15, 0.2) is 18.5 Å². The minimum Gasteiger partial charge on any atom is -0.350 e. The average Bonchev–Trinajstić information content (AvgIpc) is 2.81. The van der Waals surface area contributed by atoms with Gasteiger partial charge in [0.05, 0.1) is 12.6 Å². The summed E-state index contributed by atoms with van der Waals surface area (Å²) in [5.74, 6) is 0.0438. The first-order chi connectivity index (χ1) is 8.44. The van der Waals surface area contributed by atoms with E-state index in [0.29, 0.717) is 0 Å². The maximum Gasteiger partial charge on any atom is 0.237 e. The van der Waals surface area contributed by atoms with Gasteiger partial charge < -0.3 is 10.6 Å². The molecule has 0 saturated carbocycles. The van der Waals surface area contributed by atoms with Gasteiger partial charge in [-0.3, -0.25) is 9.48 Å². The molecule has 1 heterocycles. The highest BCUT2D eigenvalue weighted by Crippen LogP contribution is 2.06. The Kier molecular flexibility index (Phi) is 5.34. The van der Waals surface area contributed by atoms with Crippen LogP contribution in [-0.2, 0) is 11.3 Å². The molecule has 1 aromatic rings. The molecular formula is C13H24N4O. The second-order valence-electron chi connectivity index (χ2n) is 5.17. The molecule has 2 N–H and O–H groups in total. The van der Waals surface area contributed by atoms with Gasteiger partial charge in [0.1, 0.15) is 0 Å². The van der Waals surface area contributed by atoms with Gasteiger partial charge in [-0.25, -0.2) is 0 Å². The highest BCUT2D eigenvalue weighted by atomic mass is 16.2. The van der Waals surface area contributed by atoms with Gasteiger partial charge in [-0.2, -0.15) is 5.10 Å². The predicted molar refractivity (Wildman–Crippen MR) is 72.2 cm³/mol. The number of amides is 1. The second kappa shape index (κ2) is 6.54. The standard InChI is InChI=1S/C13H24N4O/c1-5-13(3,4)16-12(18)11(2)14-8-10-17-9-6-7-15-17/h6-7,9,11,14H,5,8,10H2,1-4H3,(H,16,18). The Labute approximate surface area is 109 Å². The average molecular weight is 252 g/mol. The highest BCUT2D eigenvalue weighted by Gasteiger charge is 2.21. The van der Waals surface area contributed by atoms with Crippen molar-refractivity contribution in [1.29, 1.82) is 0 Å². The van der Waals surface area contributed by atoms with Crippen molar-refractivity contribution in [3.05, 3.63) is 18.5 Å². The molecule has 0 fully saturated rings. The van der Waals surface area contributed by atoms with E-state index in [4.69, 9.17) is 0 Å². The minimum absolute atomic E-state index is 0.0438. The Morgan fingerprint density at radius 1 is 1.50 bits per heavy atom. The summed E-state index contributed by atoms with van der Waals surface area (Å²) in [6.45, 7) is 9.49. The smallest absolute Gasteiger partial charge is 0.237 e. The van der Waals surface area contributed by atoms with Crippen LogP contribution < -0.4 is 10.6 Å². The van der Waals surface area contributed by atoms with Crippen LogP contribution in [0, 0.1) is 0 Å². The van der Waals surface area contributed by atoms with Crippen molar-refractivity contribution in [2.45, 2.75) is 52.2 Å². The molecule has 1 rings (SSSR count). The van der Waals surface area contributed by atoms with Gasteiger partial charge in [0.25, 0.3) is 0 Å². The molecule has 5 heteroatoms. The maximum atomic E-state index is 11.9. The number of carbonyl (C=O) groups is 1. The van der Waals surface area contributed by atoms with E-state index in [-0.39, 0.29) is 17.5 Å². The van der Waals surface area contributed by atoms with Gasteiger partial charge in [0.2, 0.25) is 5.91 Å². The summed E-state index contributed by atoms with van der Waals surface area (Å²) in [6.07, 6.45) is 4.57. The van der Waals surface area contributed by atoms with Gasteiger partial charge in [-0.05, 0) is 33.3 Å². The van der Waals surface area contributed by atoms with Crippen molar-refractivity contribution in [3.63, 3.8) is 0 Å². The maximum absolute atomic E-state index is 11.9. The van der Waals surface area contributed by atoms with E-state index in [1.165, 1.54) is 0 Å². The third-order valence-corrected chi connectivity index (χ3v) is 3.09. The Balaban J connectivity index is 2.27. The Bertz CT molecular complexity index is 359. The van der Waals surface area contributed by atoms with Gasteiger partial charge in [0, 0.05) is 24.5 Å². The quantitative estimate of drug-likeness (QED) is 0.766. The molecule has 0 bridgehead atoms. The van der Waals surface area contributed by atoms with Crippen molar-refractivity contribution in [2.24, 2.45) is 0 Å². The molecule has 5 nitrogen and oxygen atoms in total. The second-order valence-corrected chi connectivity index (χ2v) is 5.17. The van der Waals surface area contributed by atoms with E-state index in [2.05, 4.69) is 22.7 Å². The molecule has 0 aromatic carbocycles. The topological polar surface area (TPSA) is 59.0 Å². The van der Waals surface area contributed by atoms with E-state index < -0.39 is 0 Å². The molecule has 1 unspecified atom stereocenters. The van der Waals surface area contributed by atoms with Gasteiger partial charge in [0.15, 0.2) is 0 Å². The van der Waals surface area contributed by atoms with Crippen molar-refractivity contribution < 1.29 is 4.79 Å². The Morgan fingerprint density at radius 2 is 2.22 bits per heavy atom. The number of nitrogens with zero attached hydrogens (tertiary/aromatic N) is 2. The molecule has 18 heavy (non-hydrogen) atoms. The lowest BCUT2D eigenvalue weighted by Crippen LogP contribution is -2.51. The number of carbonyl (C=O) groups excluding carboxylic acids is 1. The van der Waals surface area contributed by atoms with Crippen LogP contribution in [0.1, 0.15) is 34.1 Å². The number of hydrogen-bond acceptors (Lipinski definition) is 3. The molecule has 0 aliphatic carbocycles. The van der Waals surface area contributed by atoms with Crippen molar-refractivity contribution in [1.82, 2.24) is 20.4 Å². The molecule has 102 valence electrons. The third-order valence-electron chi connectivity index (χ3n) is 3.09. The monoisotopic (exact) mass is 252 g/mol. The fraction of sp³-hybridized carbons (Fsp3) is 0.692. The highest BCUT2D eigenvalue weighted by molar-refractivity contribution is 5.81. The Hall–Kier alpha value is -1.36. The number of nitrogens with one attached hydrogen (secondary N) is 2. The van der Waals surface area contributed by atoms with Crippen LogP contribution in [0.25, 0.3) is 0 Å². The SMILES string of the molecule is CCC(C)(C)NC(=O)C(C)NCCn1cccn1. The van der Waals surface area contributed by atoms with Gasteiger partial charge in [-0.1, -0.05) is 6.92 Å². The van der Waals surface area contributed by atoms with Crippen LogP contribution in [0.2, 0.25) is 0 Å². The first-order valence-electron chi connectivity index (χ1n) is 6.47. The normalized spacial score (nSPS) is 13.3. The van der Waals surface area contributed by atoms with Crippen molar-refractivity contribution >= 4 is 5.91 Å². The fourth-order valence-corrected chi connectivity index (χ4v) is 1.45. The van der Waals surface area contributed by atoms with Gasteiger partial charge >= 0.3 is 0 Å². The minimum atomic E-state index is -0.189. The van der Waals surface area contributed by atoms with E-state index in [1.54, 1.807) is 6.20 Å². The largest absolute Gasteiger partial charge is 0.350 e. The Morgan fingerprint density at radius 3 is 2.78 bits per heavy atom. The molecule has 1 aromatic heterocycles. The zero-order valence-electron chi connectivity index (χ0n) is 11.7. The fourth-order valence-electron chi connectivity index (χ4n) is 1.45. The summed E-state index contributed by atoms with van der Waals surface area (Å²) in [5.41, 5.74) is -0.144.